The first-order valence-corrected chi connectivity index (χ1v) is 3.98. The lowest BCUT2D eigenvalue weighted by Crippen LogP contribution is -2.41. The second kappa shape index (κ2) is 3.53. The normalized spacial score (nSPS) is 23.7. The van der Waals surface area contributed by atoms with Crippen molar-refractivity contribution < 1.29 is 18.0 Å². The Balaban J connectivity index is 2.52. The zero-order valence-electron chi connectivity index (χ0n) is 7.19. The number of hydrogen-bond donors (Lipinski definition) is 1. The molecule has 0 radical (unpaired) electrons. The van der Waals surface area contributed by atoms with E-state index in [1.54, 1.807) is 7.05 Å². The van der Waals surface area contributed by atoms with Crippen LogP contribution in [0.3, 0.4) is 0 Å². The summed E-state index contributed by atoms with van der Waals surface area (Å²) in [6.45, 7) is 0.332. The minimum absolute atomic E-state index is 0.00806. The van der Waals surface area contributed by atoms with Crippen LogP contribution in [0.5, 0.6) is 0 Å². The summed E-state index contributed by atoms with van der Waals surface area (Å²) in [5, 5.41) is 2.84. The third kappa shape index (κ3) is 2.33. The van der Waals surface area contributed by atoms with Crippen molar-refractivity contribution in [2.24, 2.45) is 0 Å². The van der Waals surface area contributed by atoms with Crippen LogP contribution in [0.4, 0.5) is 13.2 Å². The first kappa shape index (κ1) is 10.3. The molecule has 1 aliphatic rings. The van der Waals surface area contributed by atoms with Gasteiger partial charge in [0.15, 0.2) is 0 Å². The molecule has 0 spiro atoms. The molecule has 76 valence electrons. The number of nitrogens with one attached hydrogen (secondary N) is 1. The maximum absolute atomic E-state index is 11.9. The van der Waals surface area contributed by atoms with Gasteiger partial charge >= 0.3 is 12.1 Å². The highest BCUT2D eigenvalue weighted by molar-refractivity contribution is 5.82. The minimum Gasteiger partial charge on any atom is -0.333 e. The molecule has 0 saturated carbocycles. The van der Waals surface area contributed by atoms with Crippen LogP contribution in [0.1, 0.15) is 6.42 Å². The molecule has 0 aromatic heterocycles. The number of amides is 1. The zero-order chi connectivity index (χ0) is 10.1. The Hall–Kier alpha value is -0.780. The van der Waals surface area contributed by atoms with Crippen LogP contribution in [0.25, 0.3) is 0 Å². The summed E-state index contributed by atoms with van der Waals surface area (Å²) in [7, 11) is 1.67. The third-order valence-corrected chi connectivity index (χ3v) is 2.13. The molecule has 1 rings (SSSR count). The number of halogens is 3. The second-order valence-electron chi connectivity index (χ2n) is 3.02. The van der Waals surface area contributed by atoms with Gasteiger partial charge in [-0.1, -0.05) is 0 Å². The summed E-state index contributed by atoms with van der Waals surface area (Å²) < 4.78 is 35.8. The number of hydrogen-bond acceptors (Lipinski definition) is 2. The molecule has 1 saturated heterocycles. The summed E-state index contributed by atoms with van der Waals surface area (Å²) in [6.07, 6.45) is -4.15. The molecule has 1 amide bonds. The van der Waals surface area contributed by atoms with E-state index in [0.29, 0.717) is 6.42 Å². The van der Waals surface area contributed by atoms with Crippen molar-refractivity contribution in [2.75, 3.05) is 20.1 Å². The number of rotatable bonds is 1. The van der Waals surface area contributed by atoms with Gasteiger partial charge in [-0.2, -0.15) is 13.2 Å². The highest BCUT2D eigenvalue weighted by Gasteiger charge is 2.44. The average Bonchev–Trinajstić information content (AvgIpc) is 2.48. The van der Waals surface area contributed by atoms with Gasteiger partial charge in [0.25, 0.3) is 0 Å². The smallest absolute Gasteiger partial charge is 0.333 e. The van der Waals surface area contributed by atoms with Crippen LogP contribution in [-0.4, -0.2) is 43.2 Å². The number of nitrogens with zero attached hydrogens (tertiary/aromatic N) is 1. The maximum Gasteiger partial charge on any atom is 0.471 e. The van der Waals surface area contributed by atoms with E-state index < -0.39 is 12.1 Å². The molecule has 0 aromatic rings. The fourth-order valence-corrected chi connectivity index (χ4v) is 1.36. The fraction of sp³-hybridized carbons (Fsp3) is 0.857. The Kier molecular flexibility index (Phi) is 2.80. The molecule has 1 atom stereocenters. The summed E-state index contributed by atoms with van der Waals surface area (Å²) >= 11 is 0. The van der Waals surface area contributed by atoms with Gasteiger partial charge in [-0.3, -0.25) is 4.79 Å². The Labute approximate surface area is 73.9 Å². The van der Waals surface area contributed by atoms with Crippen molar-refractivity contribution in [3.05, 3.63) is 0 Å². The summed E-state index contributed by atoms with van der Waals surface area (Å²) in [5.41, 5.74) is 0. The molecule has 3 nitrogen and oxygen atoms in total. The first-order valence-electron chi connectivity index (χ1n) is 3.98. The van der Waals surface area contributed by atoms with E-state index in [9.17, 15) is 18.0 Å². The van der Waals surface area contributed by atoms with Crippen LogP contribution in [0.15, 0.2) is 0 Å². The molecule has 0 aromatic carbocycles. The number of likely N-dealkylation sites (N-methyl/N-ethyl adjacent to an activating group) is 1. The van der Waals surface area contributed by atoms with Crippen LogP contribution < -0.4 is 5.32 Å². The predicted octanol–water partition coefficient (Wildman–Crippen LogP) is 0.369. The fourth-order valence-electron chi connectivity index (χ4n) is 1.36. The summed E-state index contributed by atoms with van der Waals surface area (Å²) in [5.74, 6) is -1.73. The molecule has 1 aliphatic heterocycles. The van der Waals surface area contributed by atoms with Gasteiger partial charge in [0.1, 0.15) is 0 Å². The molecule has 6 heteroatoms. The molecule has 13 heavy (non-hydrogen) atoms. The molecule has 1 N–H and O–H groups in total. The predicted molar refractivity (Wildman–Crippen MR) is 40.1 cm³/mol. The lowest BCUT2D eigenvalue weighted by Gasteiger charge is -2.17. The SMILES string of the molecule is CN[C@H]1CCN(C(=O)C(F)(F)F)C1. The first-order chi connectivity index (χ1) is 5.95. The Morgan fingerprint density at radius 3 is 2.54 bits per heavy atom. The lowest BCUT2D eigenvalue weighted by molar-refractivity contribution is -0.184. The van der Waals surface area contributed by atoms with Crippen LogP contribution >= 0.6 is 0 Å². The highest BCUT2D eigenvalue weighted by atomic mass is 19.4. The van der Waals surface area contributed by atoms with Crippen molar-refractivity contribution in [3.63, 3.8) is 0 Å². The van der Waals surface area contributed by atoms with Gasteiger partial charge in [0.05, 0.1) is 0 Å². The lowest BCUT2D eigenvalue weighted by atomic mass is 10.3. The monoisotopic (exact) mass is 196 g/mol. The van der Waals surface area contributed by atoms with E-state index in [1.807, 2.05) is 0 Å². The van der Waals surface area contributed by atoms with Crippen molar-refractivity contribution in [1.82, 2.24) is 10.2 Å². The van der Waals surface area contributed by atoms with Gasteiger partial charge in [0.2, 0.25) is 0 Å². The minimum atomic E-state index is -4.73. The molecular weight excluding hydrogens is 185 g/mol. The number of carbonyl (C=O) groups excluding carboxylic acids is 1. The second-order valence-corrected chi connectivity index (χ2v) is 3.02. The van der Waals surface area contributed by atoms with Crippen LogP contribution in [0, 0.1) is 0 Å². The van der Waals surface area contributed by atoms with E-state index in [0.717, 1.165) is 4.90 Å². The van der Waals surface area contributed by atoms with Crippen molar-refractivity contribution in [1.29, 1.82) is 0 Å². The van der Waals surface area contributed by atoms with E-state index in [1.165, 1.54) is 0 Å². The van der Waals surface area contributed by atoms with Gasteiger partial charge in [-0.25, -0.2) is 0 Å². The van der Waals surface area contributed by atoms with E-state index >= 15 is 0 Å². The van der Waals surface area contributed by atoms with Crippen LogP contribution in [-0.2, 0) is 4.79 Å². The summed E-state index contributed by atoms with van der Waals surface area (Å²) in [4.78, 5) is 11.5. The zero-order valence-corrected chi connectivity index (χ0v) is 7.19. The molecule has 1 fully saturated rings. The van der Waals surface area contributed by atoms with E-state index in [2.05, 4.69) is 5.32 Å². The topological polar surface area (TPSA) is 32.3 Å². The van der Waals surface area contributed by atoms with Crippen LogP contribution in [0.2, 0.25) is 0 Å². The molecular formula is C7H11F3N2O. The maximum atomic E-state index is 11.9. The Morgan fingerprint density at radius 1 is 1.54 bits per heavy atom. The number of carbonyl (C=O) groups is 1. The third-order valence-electron chi connectivity index (χ3n) is 2.13. The van der Waals surface area contributed by atoms with E-state index in [-0.39, 0.29) is 19.1 Å². The van der Waals surface area contributed by atoms with Crippen molar-refractivity contribution in [3.8, 4) is 0 Å². The highest BCUT2D eigenvalue weighted by Crippen LogP contribution is 2.21. The van der Waals surface area contributed by atoms with Gasteiger partial charge < -0.3 is 10.2 Å². The standard InChI is InChI=1S/C7H11F3N2O/c1-11-5-2-3-12(4-5)6(13)7(8,9)10/h5,11H,2-4H2,1H3/t5-/m0/s1. The molecule has 0 bridgehead atoms. The quantitative estimate of drug-likeness (QED) is 0.657. The van der Waals surface area contributed by atoms with Gasteiger partial charge in [0, 0.05) is 19.1 Å². The Bertz CT molecular complexity index is 204. The molecule has 0 unspecified atom stereocenters. The van der Waals surface area contributed by atoms with E-state index in [4.69, 9.17) is 0 Å². The molecule has 1 heterocycles. The van der Waals surface area contributed by atoms with Crippen molar-refractivity contribution in [2.45, 2.75) is 18.6 Å². The van der Waals surface area contributed by atoms with Gasteiger partial charge in [-0.05, 0) is 13.5 Å². The molecule has 0 aliphatic carbocycles. The van der Waals surface area contributed by atoms with Gasteiger partial charge in [-0.15, -0.1) is 0 Å². The van der Waals surface area contributed by atoms with Crippen molar-refractivity contribution >= 4 is 5.91 Å². The number of likely N-dealkylation sites (tertiary alicyclic amines) is 1. The summed E-state index contributed by atoms with van der Waals surface area (Å²) in [6, 6.07) is -0.00806. The average molecular weight is 196 g/mol. The Morgan fingerprint density at radius 2 is 2.15 bits per heavy atom. The largest absolute Gasteiger partial charge is 0.471 e. The number of alkyl halides is 3.